The molecule has 0 aliphatic heterocycles. The van der Waals surface area contributed by atoms with E-state index in [0.717, 1.165) is 5.75 Å². The highest BCUT2D eigenvalue weighted by Crippen LogP contribution is 2.31. The van der Waals surface area contributed by atoms with Gasteiger partial charge in [-0.15, -0.1) is 0 Å². The lowest BCUT2D eigenvalue weighted by atomic mass is 10.1. The molecule has 6 heteroatoms. The first kappa shape index (κ1) is 15.3. The largest absolute Gasteiger partial charge is 0.507 e. The van der Waals surface area contributed by atoms with Crippen LogP contribution in [0.1, 0.15) is 6.92 Å². The molecule has 2 N–H and O–H groups in total. The van der Waals surface area contributed by atoms with E-state index in [2.05, 4.69) is 15.0 Å². The molecule has 0 aliphatic carbocycles. The smallest absolute Gasteiger partial charge is 0.191 e. The zero-order valence-electron chi connectivity index (χ0n) is 12.5. The van der Waals surface area contributed by atoms with Crippen molar-refractivity contribution in [1.29, 1.82) is 0 Å². The van der Waals surface area contributed by atoms with Gasteiger partial charge in [-0.25, -0.2) is 15.0 Å². The van der Waals surface area contributed by atoms with Crippen molar-refractivity contribution in [2.45, 2.75) is 12.1 Å². The third kappa shape index (κ3) is 3.27. The molecule has 23 heavy (non-hydrogen) atoms. The van der Waals surface area contributed by atoms with Crippen molar-refractivity contribution < 1.29 is 10.2 Å². The summed E-state index contributed by atoms with van der Waals surface area (Å²) >= 11 is 1.48. The van der Waals surface area contributed by atoms with E-state index in [-0.39, 0.29) is 11.5 Å². The Morgan fingerprint density at radius 2 is 1.26 bits per heavy atom. The van der Waals surface area contributed by atoms with Crippen LogP contribution in [0.5, 0.6) is 11.5 Å². The number of nitrogens with zero attached hydrogens (tertiary/aromatic N) is 3. The summed E-state index contributed by atoms with van der Waals surface area (Å²) in [5.41, 5.74) is 1.06. The number of hydrogen-bond donors (Lipinski definition) is 2. The molecule has 0 saturated carbocycles. The summed E-state index contributed by atoms with van der Waals surface area (Å²) in [6.45, 7) is 2.01. The van der Waals surface area contributed by atoms with Gasteiger partial charge in [0.05, 0.1) is 11.1 Å². The van der Waals surface area contributed by atoms with Crippen LogP contribution in [0, 0.1) is 0 Å². The topological polar surface area (TPSA) is 79.1 Å². The second-order valence-corrected chi connectivity index (χ2v) is 5.96. The maximum atomic E-state index is 10.0. The molecule has 116 valence electrons. The van der Waals surface area contributed by atoms with Gasteiger partial charge >= 0.3 is 0 Å². The monoisotopic (exact) mass is 325 g/mol. The van der Waals surface area contributed by atoms with Crippen molar-refractivity contribution in [1.82, 2.24) is 15.0 Å². The summed E-state index contributed by atoms with van der Waals surface area (Å²) in [5.74, 6) is 1.79. The normalized spacial score (nSPS) is 10.7. The van der Waals surface area contributed by atoms with Crippen molar-refractivity contribution >= 4 is 11.8 Å². The zero-order chi connectivity index (χ0) is 16.2. The van der Waals surface area contributed by atoms with Gasteiger partial charge in [-0.05, 0) is 30.0 Å². The second kappa shape index (κ2) is 6.66. The highest BCUT2D eigenvalue weighted by atomic mass is 32.2. The maximum Gasteiger partial charge on any atom is 0.191 e. The molecule has 0 spiro atoms. The Morgan fingerprint density at radius 3 is 1.70 bits per heavy atom. The molecule has 0 fully saturated rings. The van der Waals surface area contributed by atoms with E-state index >= 15 is 0 Å². The van der Waals surface area contributed by atoms with E-state index < -0.39 is 0 Å². The van der Waals surface area contributed by atoms with Gasteiger partial charge in [-0.2, -0.15) is 0 Å². The highest BCUT2D eigenvalue weighted by molar-refractivity contribution is 7.99. The minimum Gasteiger partial charge on any atom is -0.507 e. The van der Waals surface area contributed by atoms with E-state index in [1.54, 1.807) is 36.4 Å². The molecular weight excluding hydrogens is 310 g/mol. The average molecular weight is 325 g/mol. The van der Waals surface area contributed by atoms with Crippen molar-refractivity contribution in [2.75, 3.05) is 5.75 Å². The molecule has 0 radical (unpaired) electrons. The van der Waals surface area contributed by atoms with Crippen LogP contribution in [-0.2, 0) is 0 Å². The van der Waals surface area contributed by atoms with Gasteiger partial charge in [0.1, 0.15) is 11.5 Å². The summed E-state index contributed by atoms with van der Waals surface area (Å²) in [6, 6.07) is 13.8. The molecule has 1 heterocycles. The Hall–Kier alpha value is -2.60. The van der Waals surface area contributed by atoms with Gasteiger partial charge in [0.2, 0.25) is 0 Å². The van der Waals surface area contributed by atoms with Gasteiger partial charge in [0, 0.05) is 0 Å². The zero-order valence-corrected chi connectivity index (χ0v) is 13.3. The van der Waals surface area contributed by atoms with Crippen LogP contribution in [-0.4, -0.2) is 30.9 Å². The van der Waals surface area contributed by atoms with E-state index in [1.165, 1.54) is 11.8 Å². The third-order valence-corrected chi connectivity index (χ3v) is 3.91. The summed E-state index contributed by atoms with van der Waals surface area (Å²) in [5, 5.41) is 20.6. The van der Waals surface area contributed by atoms with Crippen molar-refractivity contribution in [3.8, 4) is 34.3 Å². The molecule has 5 nitrogen and oxygen atoms in total. The van der Waals surface area contributed by atoms with Crippen molar-refractivity contribution in [3.63, 3.8) is 0 Å². The van der Waals surface area contributed by atoms with Crippen molar-refractivity contribution in [2.24, 2.45) is 0 Å². The predicted octanol–water partition coefficient (Wildman–Crippen LogP) is 3.73. The van der Waals surface area contributed by atoms with Crippen LogP contribution in [0.15, 0.2) is 53.7 Å². The molecule has 1 aromatic heterocycles. The lowest BCUT2D eigenvalue weighted by Gasteiger charge is -2.09. The molecule has 0 amide bonds. The van der Waals surface area contributed by atoms with E-state index in [9.17, 15) is 10.2 Å². The number of phenols is 2. The highest BCUT2D eigenvalue weighted by Gasteiger charge is 2.14. The third-order valence-electron chi connectivity index (χ3n) is 3.18. The molecule has 0 unspecified atom stereocenters. The number of hydrogen-bond acceptors (Lipinski definition) is 6. The molecule has 0 atom stereocenters. The van der Waals surface area contributed by atoms with Gasteiger partial charge in [-0.1, -0.05) is 43.0 Å². The summed E-state index contributed by atoms with van der Waals surface area (Å²) in [4.78, 5) is 13.2. The number of thioether (sulfide) groups is 1. The fourth-order valence-electron chi connectivity index (χ4n) is 2.12. The van der Waals surface area contributed by atoms with E-state index in [4.69, 9.17) is 0 Å². The summed E-state index contributed by atoms with van der Waals surface area (Å²) in [7, 11) is 0. The first-order valence-electron chi connectivity index (χ1n) is 7.14. The fraction of sp³-hybridized carbons (Fsp3) is 0.118. The minimum absolute atomic E-state index is 0.106. The lowest BCUT2D eigenvalue weighted by molar-refractivity contribution is 0.476. The van der Waals surface area contributed by atoms with Crippen LogP contribution >= 0.6 is 11.8 Å². The Bertz CT molecular complexity index is 776. The standard InChI is InChI=1S/C17H15N3O2S/c1-2-23-17-19-15(11-7-3-5-9-13(11)21)18-16(20-17)12-8-4-6-10-14(12)22/h3-10,21-22H,2H2,1H3. The van der Waals surface area contributed by atoms with Crippen LogP contribution in [0.4, 0.5) is 0 Å². The quantitative estimate of drug-likeness (QED) is 0.712. The minimum atomic E-state index is 0.106. The number of phenolic OH excluding ortho intramolecular Hbond substituents is 2. The summed E-state index contributed by atoms with van der Waals surface area (Å²) < 4.78 is 0. The first-order valence-corrected chi connectivity index (χ1v) is 8.13. The molecule has 3 rings (SSSR count). The lowest BCUT2D eigenvalue weighted by Crippen LogP contribution is -1.99. The Labute approximate surface area is 138 Å². The van der Waals surface area contributed by atoms with E-state index in [0.29, 0.717) is 27.9 Å². The first-order chi connectivity index (χ1) is 11.2. The van der Waals surface area contributed by atoms with Crippen LogP contribution in [0.2, 0.25) is 0 Å². The molecule has 2 aromatic carbocycles. The number of aromatic nitrogens is 3. The summed E-state index contributed by atoms with van der Waals surface area (Å²) in [6.07, 6.45) is 0. The number of aromatic hydroxyl groups is 2. The van der Waals surface area contributed by atoms with Crippen LogP contribution in [0.3, 0.4) is 0 Å². The molecule has 0 bridgehead atoms. The predicted molar refractivity (Wildman–Crippen MR) is 90.4 cm³/mol. The Morgan fingerprint density at radius 1 is 0.783 bits per heavy atom. The second-order valence-electron chi connectivity index (χ2n) is 4.73. The maximum absolute atomic E-state index is 10.0. The van der Waals surface area contributed by atoms with Gasteiger partial charge in [0.15, 0.2) is 16.8 Å². The molecular formula is C17H15N3O2S. The molecule has 3 aromatic rings. The average Bonchev–Trinajstić information content (AvgIpc) is 2.56. The van der Waals surface area contributed by atoms with Crippen LogP contribution < -0.4 is 0 Å². The number of para-hydroxylation sites is 2. The Balaban J connectivity index is 2.18. The van der Waals surface area contributed by atoms with Gasteiger partial charge < -0.3 is 10.2 Å². The Kier molecular flexibility index (Phi) is 4.43. The molecule has 0 aliphatic rings. The van der Waals surface area contributed by atoms with Gasteiger partial charge in [0.25, 0.3) is 0 Å². The SMILES string of the molecule is CCSc1nc(-c2ccccc2O)nc(-c2ccccc2O)n1. The van der Waals surface area contributed by atoms with Crippen LogP contribution in [0.25, 0.3) is 22.8 Å². The van der Waals surface area contributed by atoms with Gasteiger partial charge in [-0.3, -0.25) is 0 Å². The fourth-order valence-corrected chi connectivity index (χ4v) is 2.68. The number of rotatable bonds is 4. The molecule has 0 saturated heterocycles. The van der Waals surface area contributed by atoms with E-state index in [1.807, 2.05) is 19.1 Å². The number of benzene rings is 2. The van der Waals surface area contributed by atoms with Crippen molar-refractivity contribution in [3.05, 3.63) is 48.5 Å².